The number of para-hydroxylation sites is 1. The third-order valence-electron chi connectivity index (χ3n) is 4.93. The van der Waals surface area contributed by atoms with E-state index in [4.69, 9.17) is 9.15 Å². The molecular weight excluding hydrogens is 412 g/mol. The van der Waals surface area contributed by atoms with E-state index in [9.17, 15) is 4.79 Å². The topological polar surface area (TPSA) is 93.0 Å². The van der Waals surface area contributed by atoms with Crippen molar-refractivity contribution in [2.24, 2.45) is 0 Å². The van der Waals surface area contributed by atoms with Gasteiger partial charge in [0.1, 0.15) is 23.2 Å². The van der Waals surface area contributed by atoms with Gasteiger partial charge >= 0.3 is 0 Å². The lowest BCUT2D eigenvalue weighted by Gasteiger charge is -2.11. The maximum Gasteiger partial charge on any atom is 0.255 e. The zero-order valence-corrected chi connectivity index (χ0v) is 17.4. The van der Waals surface area contributed by atoms with E-state index < -0.39 is 0 Å². The molecule has 1 amide bonds. The molecule has 0 spiro atoms. The summed E-state index contributed by atoms with van der Waals surface area (Å²) >= 11 is 1.55. The number of carbonyl (C=O) groups is 1. The van der Waals surface area contributed by atoms with E-state index in [-0.39, 0.29) is 5.91 Å². The van der Waals surface area contributed by atoms with Crippen LogP contribution in [-0.2, 0) is 5.75 Å². The number of benzene rings is 3. The zero-order valence-electron chi connectivity index (χ0n) is 16.6. The molecule has 5 aromatic rings. The Morgan fingerprint density at radius 3 is 2.71 bits per heavy atom. The lowest BCUT2D eigenvalue weighted by atomic mass is 10.1. The number of hydrogen-bond acceptors (Lipinski definition) is 6. The Bertz CT molecular complexity index is 1360. The summed E-state index contributed by atoms with van der Waals surface area (Å²) in [6, 6.07) is 19.0. The zero-order chi connectivity index (χ0) is 21.2. The highest BCUT2D eigenvalue weighted by atomic mass is 32.2. The summed E-state index contributed by atoms with van der Waals surface area (Å²) in [6.45, 7) is 0. The molecule has 0 saturated carbocycles. The highest BCUT2D eigenvalue weighted by molar-refractivity contribution is 7.98. The van der Waals surface area contributed by atoms with Gasteiger partial charge in [0.25, 0.3) is 5.91 Å². The van der Waals surface area contributed by atoms with Gasteiger partial charge in [-0.1, -0.05) is 42.1 Å². The molecule has 3 aromatic carbocycles. The molecule has 0 unspecified atom stereocenters. The summed E-state index contributed by atoms with van der Waals surface area (Å²) in [5.41, 5.74) is 3.68. The Morgan fingerprint density at radius 2 is 1.94 bits per heavy atom. The second-order valence-electron chi connectivity index (χ2n) is 6.88. The number of fused-ring (bicyclic) bond motifs is 3. The first kappa shape index (κ1) is 19.2. The number of H-pyrrole nitrogens is 1. The van der Waals surface area contributed by atoms with Crippen LogP contribution in [0.1, 0.15) is 15.9 Å². The number of ether oxygens (including phenoxy) is 1. The molecule has 2 aromatic heterocycles. The Balaban J connectivity index is 1.36. The van der Waals surface area contributed by atoms with Gasteiger partial charge in [-0.3, -0.25) is 9.89 Å². The minimum absolute atomic E-state index is 0.219. The smallest absolute Gasteiger partial charge is 0.255 e. The molecule has 2 heterocycles. The number of anilines is 1. The van der Waals surface area contributed by atoms with Crippen LogP contribution in [0.2, 0.25) is 0 Å². The SMILES string of the molecule is COc1cc2c(cc1NC(=O)c1ccc(CSc3ncn[nH]3)cc1)oc1ccccc12. The average molecular weight is 430 g/mol. The largest absolute Gasteiger partial charge is 0.495 e. The van der Waals surface area contributed by atoms with Crippen LogP contribution in [0.25, 0.3) is 21.9 Å². The van der Waals surface area contributed by atoms with Crippen molar-refractivity contribution in [3.63, 3.8) is 0 Å². The Kier molecular flexibility index (Phi) is 5.05. The molecule has 8 heteroatoms. The highest BCUT2D eigenvalue weighted by Gasteiger charge is 2.15. The van der Waals surface area contributed by atoms with Crippen LogP contribution in [0.4, 0.5) is 5.69 Å². The van der Waals surface area contributed by atoms with Crippen molar-refractivity contribution in [2.75, 3.05) is 12.4 Å². The molecule has 0 fully saturated rings. The third kappa shape index (κ3) is 3.85. The standard InChI is InChI=1S/C23H18N4O3S/c1-29-21-10-17-16-4-2-3-5-19(16)30-20(17)11-18(21)26-22(28)15-8-6-14(7-9-15)12-31-23-24-13-25-27-23/h2-11,13H,12H2,1H3,(H,26,28)(H,24,25,27). The monoisotopic (exact) mass is 430 g/mol. The number of thioether (sulfide) groups is 1. The highest BCUT2D eigenvalue weighted by Crippen LogP contribution is 2.36. The summed E-state index contributed by atoms with van der Waals surface area (Å²) in [6.07, 6.45) is 1.48. The van der Waals surface area contributed by atoms with E-state index in [0.717, 1.165) is 32.8 Å². The molecule has 7 nitrogen and oxygen atoms in total. The lowest BCUT2D eigenvalue weighted by molar-refractivity contribution is 0.102. The van der Waals surface area contributed by atoms with E-state index in [2.05, 4.69) is 20.5 Å². The number of nitrogens with zero attached hydrogens (tertiary/aromatic N) is 2. The van der Waals surface area contributed by atoms with Crippen molar-refractivity contribution in [3.8, 4) is 5.75 Å². The first-order valence-electron chi connectivity index (χ1n) is 9.59. The molecular formula is C23H18N4O3S. The Morgan fingerprint density at radius 1 is 1.10 bits per heavy atom. The molecule has 0 atom stereocenters. The predicted molar refractivity (Wildman–Crippen MR) is 121 cm³/mol. The summed E-state index contributed by atoms with van der Waals surface area (Å²) in [7, 11) is 1.58. The van der Waals surface area contributed by atoms with Gasteiger partial charge < -0.3 is 14.5 Å². The second-order valence-corrected chi connectivity index (χ2v) is 7.84. The van der Waals surface area contributed by atoms with Gasteiger partial charge in [-0.2, -0.15) is 5.10 Å². The molecule has 0 aliphatic rings. The van der Waals surface area contributed by atoms with Gasteiger partial charge in [-0.25, -0.2) is 4.98 Å². The van der Waals surface area contributed by atoms with Crippen LogP contribution in [0.15, 0.2) is 76.6 Å². The summed E-state index contributed by atoms with van der Waals surface area (Å²) < 4.78 is 11.5. The predicted octanol–water partition coefficient (Wildman–Crippen LogP) is 5.26. The maximum absolute atomic E-state index is 12.8. The van der Waals surface area contributed by atoms with E-state index in [1.165, 1.54) is 6.33 Å². The van der Waals surface area contributed by atoms with Gasteiger partial charge in [0.05, 0.1) is 12.8 Å². The average Bonchev–Trinajstić information content (AvgIpc) is 3.45. The summed E-state index contributed by atoms with van der Waals surface area (Å²) in [5, 5.41) is 12.3. The van der Waals surface area contributed by atoms with Crippen LogP contribution >= 0.6 is 11.8 Å². The number of methoxy groups -OCH3 is 1. The molecule has 0 aliphatic heterocycles. The third-order valence-corrected chi connectivity index (χ3v) is 5.88. The van der Waals surface area contributed by atoms with Crippen LogP contribution < -0.4 is 10.1 Å². The number of hydrogen-bond donors (Lipinski definition) is 2. The number of aromatic amines is 1. The number of rotatable bonds is 6. The molecule has 154 valence electrons. The van der Waals surface area contributed by atoms with Crippen LogP contribution in [0, 0.1) is 0 Å². The minimum atomic E-state index is -0.219. The molecule has 0 bridgehead atoms. The van der Waals surface area contributed by atoms with Crippen molar-refractivity contribution in [2.45, 2.75) is 10.9 Å². The number of nitrogens with one attached hydrogen (secondary N) is 2. The van der Waals surface area contributed by atoms with Gasteiger partial charge in [0.15, 0.2) is 5.16 Å². The minimum Gasteiger partial charge on any atom is -0.495 e. The number of furan rings is 1. The lowest BCUT2D eigenvalue weighted by Crippen LogP contribution is -2.12. The number of carbonyl (C=O) groups excluding carboxylic acids is 1. The normalized spacial score (nSPS) is 11.1. The molecule has 5 rings (SSSR count). The van der Waals surface area contributed by atoms with Crippen molar-refractivity contribution < 1.29 is 13.9 Å². The van der Waals surface area contributed by atoms with E-state index in [1.54, 1.807) is 37.1 Å². The molecule has 2 N–H and O–H groups in total. The Labute approximate surface area is 181 Å². The molecule has 0 radical (unpaired) electrons. The van der Waals surface area contributed by atoms with Gasteiger partial charge in [0, 0.05) is 28.2 Å². The number of amides is 1. The van der Waals surface area contributed by atoms with Gasteiger partial charge in [-0.15, -0.1) is 0 Å². The quantitative estimate of drug-likeness (QED) is 0.357. The van der Waals surface area contributed by atoms with Crippen molar-refractivity contribution in [3.05, 3.63) is 78.1 Å². The molecule has 31 heavy (non-hydrogen) atoms. The van der Waals surface area contributed by atoms with E-state index in [1.807, 2.05) is 42.5 Å². The Hall–Kier alpha value is -3.78. The molecule has 0 saturated heterocycles. The van der Waals surface area contributed by atoms with Crippen LogP contribution in [0.5, 0.6) is 5.75 Å². The van der Waals surface area contributed by atoms with Gasteiger partial charge in [-0.05, 0) is 29.8 Å². The fourth-order valence-electron chi connectivity index (χ4n) is 3.38. The number of aromatic nitrogens is 3. The van der Waals surface area contributed by atoms with Crippen molar-refractivity contribution in [1.82, 2.24) is 15.2 Å². The van der Waals surface area contributed by atoms with Crippen LogP contribution in [-0.4, -0.2) is 28.2 Å². The fourth-order valence-corrected chi connectivity index (χ4v) is 4.12. The fraction of sp³-hybridized carbons (Fsp3) is 0.0870. The summed E-state index contributed by atoms with van der Waals surface area (Å²) in [4.78, 5) is 16.9. The first-order valence-corrected chi connectivity index (χ1v) is 10.6. The van der Waals surface area contributed by atoms with Crippen molar-refractivity contribution >= 4 is 45.3 Å². The summed E-state index contributed by atoms with van der Waals surface area (Å²) in [5.74, 6) is 1.09. The van der Waals surface area contributed by atoms with E-state index in [0.29, 0.717) is 22.6 Å². The van der Waals surface area contributed by atoms with E-state index >= 15 is 0 Å². The first-order chi connectivity index (χ1) is 15.2. The van der Waals surface area contributed by atoms with Crippen molar-refractivity contribution in [1.29, 1.82) is 0 Å². The van der Waals surface area contributed by atoms with Gasteiger partial charge in [0.2, 0.25) is 0 Å². The maximum atomic E-state index is 12.8. The second kappa shape index (κ2) is 8.16. The van der Waals surface area contributed by atoms with Crippen LogP contribution in [0.3, 0.4) is 0 Å². The molecule has 0 aliphatic carbocycles.